The fourth-order valence-corrected chi connectivity index (χ4v) is 2.25. The van der Waals surface area contributed by atoms with E-state index in [1.165, 1.54) is 4.88 Å². The van der Waals surface area contributed by atoms with E-state index in [-0.39, 0.29) is 0 Å². The van der Waals surface area contributed by atoms with Crippen LogP contribution in [0.15, 0.2) is 22.5 Å². The van der Waals surface area contributed by atoms with Crippen LogP contribution in [-0.4, -0.2) is 57.8 Å². The Morgan fingerprint density at radius 3 is 2.90 bits per heavy atom. The third-order valence-electron chi connectivity index (χ3n) is 2.78. The second-order valence-electron chi connectivity index (χ2n) is 4.50. The van der Waals surface area contributed by atoms with Gasteiger partial charge in [-0.1, -0.05) is 6.07 Å². The first-order valence-corrected chi connectivity index (χ1v) is 7.86. The van der Waals surface area contributed by atoms with Crippen molar-refractivity contribution in [2.24, 2.45) is 4.99 Å². The molecule has 1 aromatic heterocycles. The number of likely N-dealkylation sites (N-methyl/N-ethyl adjacent to an activating group) is 1. The van der Waals surface area contributed by atoms with E-state index in [1.807, 2.05) is 0 Å². The van der Waals surface area contributed by atoms with Gasteiger partial charge in [0.25, 0.3) is 0 Å². The summed E-state index contributed by atoms with van der Waals surface area (Å²) in [6.07, 6.45) is 0. The number of thiophene rings is 1. The number of rotatable bonds is 9. The Morgan fingerprint density at radius 1 is 1.40 bits per heavy atom. The van der Waals surface area contributed by atoms with Crippen molar-refractivity contribution in [1.29, 1.82) is 0 Å². The molecule has 0 bridgehead atoms. The number of aliphatic imine (C=N–C) groups is 1. The number of hydrogen-bond donors (Lipinski definition) is 2. The van der Waals surface area contributed by atoms with E-state index in [1.54, 1.807) is 18.4 Å². The molecule has 0 aromatic carbocycles. The molecule has 0 radical (unpaired) electrons. The van der Waals surface area contributed by atoms with Crippen molar-refractivity contribution in [1.82, 2.24) is 15.5 Å². The van der Waals surface area contributed by atoms with Crippen LogP contribution in [0, 0.1) is 0 Å². The van der Waals surface area contributed by atoms with Crippen molar-refractivity contribution >= 4 is 17.3 Å². The molecule has 20 heavy (non-hydrogen) atoms. The first kappa shape index (κ1) is 16.9. The lowest BCUT2D eigenvalue weighted by Gasteiger charge is -2.17. The molecule has 0 aliphatic heterocycles. The SMILES string of the molecule is CCNC(=NCc1cccs1)NCCN(C)CCOC. The van der Waals surface area contributed by atoms with Gasteiger partial charge < -0.3 is 20.3 Å². The van der Waals surface area contributed by atoms with Gasteiger partial charge in [-0.25, -0.2) is 4.99 Å². The predicted octanol–water partition coefficient (Wildman–Crippen LogP) is 1.38. The van der Waals surface area contributed by atoms with Gasteiger partial charge in [-0.2, -0.15) is 0 Å². The van der Waals surface area contributed by atoms with Crippen LogP contribution in [-0.2, 0) is 11.3 Å². The van der Waals surface area contributed by atoms with Crippen LogP contribution < -0.4 is 10.6 Å². The Balaban J connectivity index is 2.29. The molecule has 0 atom stereocenters. The van der Waals surface area contributed by atoms with Crippen LogP contribution in [0.2, 0.25) is 0 Å². The molecule has 114 valence electrons. The monoisotopic (exact) mass is 298 g/mol. The average Bonchev–Trinajstić information content (AvgIpc) is 2.95. The molecule has 0 amide bonds. The van der Waals surface area contributed by atoms with E-state index >= 15 is 0 Å². The number of guanidine groups is 1. The van der Waals surface area contributed by atoms with Crippen LogP contribution in [0.4, 0.5) is 0 Å². The fourth-order valence-electron chi connectivity index (χ4n) is 1.63. The maximum atomic E-state index is 5.06. The van der Waals surface area contributed by atoms with Gasteiger partial charge in [-0.05, 0) is 25.4 Å². The molecular weight excluding hydrogens is 272 g/mol. The predicted molar refractivity (Wildman–Crippen MR) is 86.5 cm³/mol. The van der Waals surface area contributed by atoms with E-state index in [9.17, 15) is 0 Å². The highest BCUT2D eigenvalue weighted by Gasteiger charge is 2.00. The highest BCUT2D eigenvalue weighted by atomic mass is 32.1. The number of nitrogens with one attached hydrogen (secondary N) is 2. The maximum absolute atomic E-state index is 5.06. The van der Waals surface area contributed by atoms with Gasteiger partial charge >= 0.3 is 0 Å². The van der Waals surface area contributed by atoms with Crippen LogP contribution in [0.3, 0.4) is 0 Å². The van der Waals surface area contributed by atoms with Gasteiger partial charge in [-0.3, -0.25) is 0 Å². The molecule has 6 heteroatoms. The summed E-state index contributed by atoms with van der Waals surface area (Å²) in [6, 6.07) is 4.16. The molecule has 0 unspecified atom stereocenters. The molecule has 1 heterocycles. The van der Waals surface area contributed by atoms with Crippen LogP contribution in [0.1, 0.15) is 11.8 Å². The molecule has 0 fully saturated rings. The molecule has 0 aliphatic carbocycles. The van der Waals surface area contributed by atoms with Crippen molar-refractivity contribution in [3.05, 3.63) is 22.4 Å². The normalized spacial score (nSPS) is 11.9. The largest absolute Gasteiger partial charge is 0.383 e. The molecule has 2 N–H and O–H groups in total. The van der Waals surface area contributed by atoms with Gasteiger partial charge in [0.05, 0.1) is 13.2 Å². The third kappa shape index (κ3) is 7.47. The summed E-state index contributed by atoms with van der Waals surface area (Å²) in [4.78, 5) is 8.09. The van der Waals surface area contributed by atoms with Crippen molar-refractivity contribution in [3.63, 3.8) is 0 Å². The van der Waals surface area contributed by atoms with Crippen molar-refractivity contribution in [2.45, 2.75) is 13.5 Å². The summed E-state index contributed by atoms with van der Waals surface area (Å²) in [5.74, 6) is 0.876. The zero-order valence-electron chi connectivity index (χ0n) is 12.7. The van der Waals surface area contributed by atoms with Crippen molar-refractivity contribution in [2.75, 3.05) is 46.9 Å². The zero-order valence-corrected chi connectivity index (χ0v) is 13.5. The Bertz CT molecular complexity index is 367. The fraction of sp³-hybridized carbons (Fsp3) is 0.643. The molecule has 0 aliphatic rings. The highest BCUT2D eigenvalue weighted by molar-refractivity contribution is 7.09. The van der Waals surface area contributed by atoms with E-state index in [2.05, 4.69) is 52.0 Å². The van der Waals surface area contributed by atoms with Gasteiger partial charge in [0.1, 0.15) is 0 Å². The summed E-state index contributed by atoms with van der Waals surface area (Å²) in [7, 11) is 3.82. The van der Waals surface area contributed by atoms with Gasteiger partial charge in [0.2, 0.25) is 0 Å². The van der Waals surface area contributed by atoms with E-state index < -0.39 is 0 Å². The number of nitrogens with zero attached hydrogens (tertiary/aromatic N) is 2. The number of hydrogen-bond acceptors (Lipinski definition) is 4. The van der Waals surface area contributed by atoms with E-state index in [0.29, 0.717) is 0 Å². The van der Waals surface area contributed by atoms with Crippen molar-refractivity contribution in [3.8, 4) is 0 Å². The van der Waals surface area contributed by atoms with Crippen LogP contribution in [0.25, 0.3) is 0 Å². The standard InChI is InChI=1S/C14H26N4OS/c1-4-15-14(17-12-13-6-5-11-20-13)16-7-8-18(2)9-10-19-3/h5-6,11H,4,7-10,12H2,1-3H3,(H2,15,16,17). The molecule has 1 rings (SSSR count). The lowest BCUT2D eigenvalue weighted by Crippen LogP contribution is -2.41. The zero-order chi connectivity index (χ0) is 14.6. The minimum Gasteiger partial charge on any atom is -0.383 e. The minimum absolute atomic E-state index is 0.729. The third-order valence-corrected chi connectivity index (χ3v) is 3.64. The number of methoxy groups -OCH3 is 1. The summed E-state index contributed by atoms with van der Waals surface area (Å²) in [6.45, 7) is 7.22. The Labute approximate surface area is 126 Å². The lowest BCUT2D eigenvalue weighted by atomic mass is 10.5. The first-order valence-electron chi connectivity index (χ1n) is 6.98. The summed E-state index contributed by atoms with van der Waals surface area (Å²) in [5.41, 5.74) is 0. The summed E-state index contributed by atoms with van der Waals surface area (Å²) >= 11 is 1.74. The molecule has 5 nitrogen and oxygen atoms in total. The second kappa shape index (κ2) is 10.7. The first-order chi connectivity index (χ1) is 9.76. The summed E-state index contributed by atoms with van der Waals surface area (Å²) < 4.78 is 5.06. The topological polar surface area (TPSA) is 48.9 Å². The maximum Gasteiger partial charge on any atom is 0.191 e. The number of ether oxygens (including phenoxy) is 1. The van der Waals surface area contributed by atoms with Gasteiger partial charge in [-0.15, -0.1) is 11.3 Å². The summed E-state index contributed by atoms with van der Waals surface area (Å²) in [5, 5.41) is 8.69. The van der Waals surface area contributed by atoms with Crippen molar-refractivity contribution < 1.29 is 4.74 Å². The average molecular weight is 298 g/mol. The van der Waals surface area contributed by atoms with Gasteiger partial charge in [0.15, 0.2) is 5.96 Å². The molecule has 0 saturated carbocycles. The molecule has 0 saturated heterocycles. The Kier molecular flexibility index (Phi) is 9.02. The Hall–Kier alpha value is -1.11. The smallest absolute Gasteiger partial charge is 0.191 e. The quantitative estimate of drug-likeness (QED) is 0.534. The van der Waals surface area contributed by atoms with E-state index in [0.717, 1.165) is 45.3 Å². The second-order valence-corrected chi connectivity index (χ2v) is 5.53. The lowest BCUT2D eigenvalue weighted by molar-refractivity contribution is 0.162. The van der Waals surface area contributed by atoms with E-state index in [4.69, 9.17) is 4.74 Å². The highest BCUT2D eigenvalue weighted by Crippen LogP contribution is 2.09. The molecule has 1 aromatic rings. The van der Waals surface area contributed by atoms with Gasteiger partial charge in [0, 0.05) is 38.2 Å². The molecular formula is C14H26N4OS. The van der Waals surface area contributed by atoms with Crippen LogP contribution >= 0.6 is 11.3 Å². The Morgan fingerprint density at radius 2 is 2.25 bits per heavy atom. The van der Waals surface area contributed by atoms with Crippen LogP contribution in [0.5, 0.6) is 0 Å². The minimum atomic E-state index is 0.729. The molecule has 0 spiro atoms.